The van der Waals surface area contributed by atoms with Crippen LogP contribution in [0.1, 0.15) is 38.2 Å². The first kappa shape index (κ1) is 24.6. The third-order valence-corrected chi connectivity index (χ3v) is 7.01. The van der Waals surface area contributed by atoms with Crippen molar-refractivity contribution in [2.24, 2.45) is 0 Å². The van der Waals surface area contributed by atoms with Gasteiger partial charge in [0.05, 0.1) is 17.2 Å². The molecule has 0 spiro atoms. The number of ether oxygens (including phenoxy) is 1. The summed E-state index contributed by atoms with van der Waals surface area (Å²) in [6.45, 7) is 5.46. The van der Waals surface area contributed by atoms with Crippen LogP contribution in [0.15, 0.2) is 48.5 Å². The van der Waals surface area contributed by atoms with Crippen molar-refractivity contribution in [2.75, 3.05) is 47.9 Å². The number of aromatic nitrogens is 2. The highest BCUT2D eigenvalue weighted by Gasteiger charge is 2.33. The van der Waals surface area contributed by atoms with Crippen LogP contribution in [0.25, 0.3) is 10.9 Å². The molecule has 36 heavy (non-hydrogen) atoms. The summed E-state index contributed by atoms with van der Waals surface area (Å²) >= 11 is 0. The lowest BCUT2D eigenvalue weighted by atomic mass is 10.1. The van der Waals surface area contributed by atoms with Gasteiger partial charge in [-0.25, -0.2) is 4.98 Å². The molecule has 0 amide bonds. The van der Waals surface area contributed by atoms with E-state index in [4.69, 9.17) is 14.7 Å². The molecule has 1 N–H and O–H groups in total. The summed E-state index contributed by atoms with van der Waals surface area (Å²) in [5.74, 6) is 1.45. The average Bonchev–Trinajstić information content (AvgIpc) is 3.41. The number of hydrogen-bond acceptors (Lipinski definition) is 6. The van der Waals surface area contributed by atoms with E-state index in [1.54, 1.807) is 6.07 Å². The minimum Gasteiger partial charge on any atom is -0.376 e. The standard InChI is InChI=1S/C27H32F3N5O/c1-2-7-21-18-34(20-9-5-8-19(16-20)27(28,29)30)13-14-35(21)26-32-24-12-4-3-11-23(24)25(33-26)31-17-22-10-6-15-36-22/h3-5,8-9,11-12,16,21-22H,2,6-7,10,13-15,17-18H2,1H3,(H,31,32,33). The zero-order valence-corrected chi connectivity index (χ0v) is 20.5. The maximum absolute atomic E-state index is 13.3. The predicted octanol–water partition coefficient (Wildman–Crippen LogP) is 5.73. The van der Waals surface area contributed by atoms with Gasteiger partial charge in [0, 0.05) is 49.9 Å². The Balaban J connectivity index is 1.40. The molecule has 192 valence electrons. The molecule has 0 radical (unpaired) electrons. The van der Waals surface area contributed by atoms with E-state index in [9.17, 15) is 13.2 Å². The SMILES string of the molecule is CCCC1CN(c2cccc(C(F)(F)F)c2)CCN1c1nc(NCC2CCCO2)c2ccccc2n1. The van der Waals surface area contributed by atoms with Crippen molar-refractivity contribution in [3.05, 3.63) is 54.1 Å². The Morgan fingerprint density at radius 3 is 2.72 bits per heavy atom. The van der Waals surface area contributed by atoms with Crippen LogP contribution in [-0.2, 0) is 10.9 Å². The third-order valence-electron chi connectivity index (χ3n) is 7.01. The highest BCUT2D eigenvalue weighted by atomic mass is 19.4. The van der Waals surface area contributed by atoms with E-state index in [1.165, 1.54) is 12.1 Å². The van der Waals surface area contributed by atoms with Crippen LogP contribution in [0.5, 0.6) is 0 Å². The number of benzene rings is 2. The van der Waals surface area contributed by atoms with Gasteiger partial charge in [-0.1, -0.05) is 31.5 Å². The van der Waals surface area contributed by atoms with Crippen LogP contribution >= 0.6 is 0 Å². The van der Waals surface area contributed by atoms with Gasteiger partial charge in [0.25, 0.3) is 0 Å². The normalized spacial score (nSPS) is 20.8. The second kappa shape index (κ2) is 10.5. The maximum atomic E-state index is 13.3. The number of piperazine rings is 1. The van der Waals surface area contributed by atoms with Crippen molar-refractivity contribution < 1.29 is 17.9 Å². The minimum atomic E-state index is -4.35. The Morgan fingerprint density at radius 1 is 1.08 bits per heavy atom. The lowest BCUT2D eigenvalue weighted by Gasteiger charge is -2.42. The molecule has 0 saturated carbocycles. The minimum absolute atomic E-state index is 0.0884. The lowest BCUT2D eigenvalue weighted by molar-refractivity contribution is -0.137. The van der Waals surface area contributed by atoms with Crippen molar-refractivity contribution >= 4 is 28.4 Å². The Labute approximate surface area is 209 Å². The van der Waals surface area contributed by atoms with E-state index in [0.29, 0.717) is 37.8 Å². The number of nitrogens with one attached hydrogen (secondary N) is 1. The number of anilines is 3. The van der Waals surface area contributed by atoms with E-state index < -0.39 is 11.7 Å². The summed E-state index contributed by atoms with van der Waals surface area (Å²) < 4.78 is 45.6. The predicted molar refractivity (Wildman–Crippen MR) is 137 cm³/mol. The molecular weight excluding hydrogens is 467 g/mol. The summed E-state index contributed by atoms with van der Waals surface area (Å²) in [6, 6.07) is 13.7. The summed E-state index contributed by atoms with van der Waals surface area (Å²) in [6.07, 6.45) is -0.201. The Kier molecular flexibility index (Phi) is 7.18. The highest BCUT2D eigenvalue weighted by molar-refractivity contribution is 5.90. The maximum Gasteiger partial charge on any atom is 0.416 e. The van der Waals surface area contributed by atoms with Crippen molar-refractivity contribution in [3.8, 4) is 0 Å². The Bertz CT molecular complexity index is 1180. The van der Waals surface area contributed by atoms with Gasteiger partial charge in [-0.3, -0.25) is 0 Å². The van der Waals surface area contributed by atoms with Gasteiger partial charge in [0.15, 0.2) is 0 Å². The first-order chi connectivity index (χ1) is 17.4. The molecule has 6 nitrogen and oxygen atoms in total. The summed E-state index contributed by atoms with van der Waals surface area (Å²) in [5.41, 5.74) is 0.853. The molecule has 0 bridgehead atoms. The Hall–Kier alpha value is -3.07. The molecule has 2 atom stereocenters. The highest BCUT2D eigenvalue weighted by Crippen LogP contribution is 2.33. The van der Waals surface area contributed by atoms with Gasteiger partial charge >= 0.3 is 6.18 Å². The van der Waals surface area contributed by atoms with Gasteiger partial charge < -0.3 is 19.9 Å². The summed E-state index contributed by atoms with van der Waals surface area (Å²) in [5, 5.41) is 4.46. The molecule has 1 aromatic heterocycles. The molecule has 2 aliphatic rings. The van der Waals surface area contributed by atoms with Gasteiger partial charge in [0.2, 0.25) is 5.95 Å². The molecule has 9 heteroatoms. The van der Waals surface area contributed by atoms with E-state index >= 15 is 0 Å². The number of nitrogens with zero attached hydrogens (tertiary/aromatic N) is 4. The molecule has 3 heterocycles. The van der Waals surface area contributed by atoms with Crippen LogP contribution in [0.4, 0.5) is 30.6 Å². The number of para-hydroxylation sites is 1. The molecule has 2 fully saturated rings. The van der Waals surface area contributed by atoms with Crippen molar-refractivity contribution in [2.45, 2.75) is 50.9 Å². The fourth-order valence-electron chi connectivity index (χ4n) is 5.16. The van der Waals surface area contributed by atoms with Crippen LogP contribution < -0.4 is 15.1 Å². The fourth-order valence-corrected chi connectivity index (χ4v) is 5.16. The Morgan fingerprint density at radius 2 is 1.94 bits per heavy atom. The van der Waals surface area contributed by atoms with Crippen molar-refractivity contribution in [1.29, 1.82) is 0 Å². The molecule has 0 aliphatic carbocycles. The summed E-state index contributed by atoms with van der Waals surface area (Å²) in [7, 11) is 0. The number of hydrogen-bond donors (Lipinski definition) is 1. The van der Waals surface area contributed by atoms with Gasteiger partial charge in [-0.15, -0.1) is 0 Å². The first-order valence-electron chi connectivity index (χ1n) is 12.7. The molecule has 2 aromatic carbocycles. The number of alkyl halides is 3. The molecular formula is C27H32F3N5O. The fraction of sp³-hybridized carbons (Fsp3) is 0.481. The number of fused-ring (bicyclic) bond motifs is 1. The smallest absolute Gasteiger partial charge is 0.376 e. The largest absolute Gasteiger partial charge is 0.416 e. The van der Waals surface area contributed by atoms with Gasteiger partial charge in [-0.2, -0.15) is 18.2 Å². The monoisotopic (exact) mass is 499 g/mol. The quantitative estimate of drug-likeness (QED) is 0.448. The average molecular weight is 500 g/mol. The van der Waals surface area contributed by atoms with Crippen LogP contribution in [-0.4, -0.2) is 54.9 Å². The second-order valence-electron chi connectivity index (χ2n) is 9.54. The first-order valence-corrected chi connectivity index (χ1v) is 12.7. The van der Waals surface area contributed by atoms with Crippen molar-refractivity contribution in [1.82, 2.24) is 9.97 Å². The van der Waals surface area contributed by atoms with Crippen molar-refractivity contribution in [3.63, 3.8) is 0 Å². The molecule has 2 unspecified atom stereocenters. The van der Waals surface area contributed by atoms with Gasteiger partial charge in [0.1, 0.15) is 5.82 Å². The van der Waals surface area contributed by atoms with Crippen LogP contribution in [0, 0.1) is 0 Å². The van der Waals surface area contributed by atoms with E-state index in [1.807, 2.05) is 29.2 Å². The van der Waals surface area contributed by atoms with Crippen LogP contribution in [0.2, 0.25) is 0 Å². The van der Waals surface area contributed by atoms with Crippen LogP contribution in [0.3, 0.4) is 0 Å². The topological polar surface area (TPSA) is 53.5 Å². The number of halogens is 3. The zero-order valence-electron chi connectivity index (χ0n) is 20.5. The lowest BCUT2D eigenvalue weighted by Crippen LogP contribution is -2.54. The zero-order chi connectivity index (χ0) is 25.1. The summed E-state index contributed by atoms with van der Waals surface area (Å²) in [4.78, 5) is 14.1. The molecule has 2 aliphatic heterocycles. The second-order valence-corrected chi connectivity index (χ2v) is 9.54. The van der Waals surface area contributed by atoms with Gasteiger partial charge in [-0.05, 0) is 49.6 Å². The molecule has 2 saturated heterocycles. The van der Waals surface area contributed by atoms with E-state index in [0.717, 1.165) is 55.1 Å². The molecule has 3 aromatic rings. The molecule has 5 rings (SSSR count). The van der Waals surface area contributed by atoms with E-state index in [2.05, 4.69) is 17.1 Å². The third kappa shape index (κ3) is 5.36. The van der Waals surface area contributed by atoms with E-state index in [-0.39, 0.29) is 12.1 Å². The number of rotatable bonds is 7.